The number of nitriles is 1. The lowest BCUT2D eigenvalue weighted by Crippen LogP contribution is -2.35. The van der Waals surface area contributed by atoms with Crippen molar-refractivity contribution in [2.45, 2.75) is 31.1 Å². The quantitative estimate of drug-likeness (QED) is 0.785. The van der Waals surface area contributed by atoms with Crippen molar-refractivity contribution in [2.75, 3.05) is 6.54 Å². The Kier molecular flexibility index (Phi) is 3.43. The van der Waals surface area contributed by atoms with Gasteiger partial charge in [-0.15, -0.1) is 0 Å². The van der Waals surface area contributed by atoms with Gasteiger partial charge in [-0.3, -0.25) is 4.79 Å². The molecule has 0 heterocycles. The molecular weight excluding hydrogens is 212 g/mol. The van der Waals surface area contributed by atoms with Gasteiger partial charge in [0, 0.05) is 13.0 Å². The van der Waals surface area contributed by atoms with E-state index in [1.54, 1.807) is 0 Å². The topological polar surface area (TPSA) is 52.9 Å². The van der Waals surface area contributed by atoms with Crippen LogP contribution in [0.15, 0.2) is 30.3 Å². The van der Waals surface area contributed by atoms with Crippen molar-refractivity contribution in [3.8, 4) is 6.07 Å². The summed E-state index contributed by atoms with van der Waals surface area (Å²) in [5, 5.41) is 11.3. The van der Waals surface area contributed by atoms with E-state index >= 15 is 0 Å². The molecule has 17 heavy (non-hydrogen) atoms. The second-order valence-corrected chi connectivity index (χ2v) is 4.47. The van der Waals surface area contributed by atoms with Gasteiger partial charge in [0.2, 0.25) is 5.91 Å². The minimum atomic E-state index is -0.284. The first kappa shape index (κ1) is 11.7. The number of hydrogen-bond donors (Lipinski definition) is 1. The van der Waals surface area contributed by atoms with E-state index in [-0.39, 0.29) is 11.3 Å². The van der Waals surface area contributed by atoms with Gasteiger partial charge in [0.1, 0.15) is 0 Å². The van der Waals surface area contributed by atoms with Crippen LogP contribution in [0.1, 0.15) is 31.2 Å². The van der Waals surface area contributed by atoms with E-state index < -0.39 is 0 Å². The molecule has 0 bridgehead atoms. The summed E-state index contributed by atoms with van der Waals surface area (Å²) in [6.07, 6.45) is 3.09. The molecule has 3 nitrogen and oxygen atoms in total. The van der Waals surface area contributed by atoms with Crippen molar-refractivity contribution in [1.82, 2.24) is 5.32 Å². The fraction of sp³-hybridized carbons (Fsp3) is 0.429. The number of carbonyl (C=O) groups excluding carboxylic acids is 1. The zero-order chi connectivity index (χ0) is 12.1. The molecule has 1 fully saturated rings. The van der Waals surface area contributed by atoms with Gasteiger partial charge < -0.3 is 5.32 Å². The van der Waals surface area contributed by atoms with E-state index in [1.807, 2.05) is 30.3 Å². The van der Waals surface area contributed by atoms with Gasteiger partial charge in [-0.25, -0.2) is 0 Å². The largest absolute Gasteiger partial charge is 0.355 e. The van der Waals surface area contributed by atoms with Crippen LogP contribution < -0.4 is 5.32 Å². The van der Waals surface area contributed by atoms with Crippen molar-refractivity contribution in [3.63, 3.8) is 0 Å². The van der Waals surface area contributed by atoms with Crippen molar-refractivity contribution in [2.24, 2.45) is 0 Å². The second-order valence-electron chi connectivity index (χ2n) is 4.47. The van der Waals surface area contributed by atoms with E-state index in [9.17, 15) is 4.79 Å². The van der Waals surface area contributed by atoms with E-state index in [1.165, 1.54) is 0 Å². The predicted octanol–water partition coefficient (Wildman–Crippen LogP) is 2.14. The Morgan fingerprint density at radius 1 is 1.35 bits per heavy atom. The molecule has 0 atom stereocenters. The van der Waals surface area contributed by atoms with E-state index in [0.29, 0.717) is 13.0 Å². The van der Waals surface area contributed by atoms with Crippen LogP contribution in [0.2, 0.25) is 0 Å². The summed E-state index contributed by atoms with van der Waals surface area (Å²) in [6.45, 7) is 0.598. The number of amides is 1. The maximum absolute atomic E-state index is 12.1. The van der Waals surface area contributed by atoms with Crippen molar-refractivity contribution < 1.29 is 4.79 Å². The zero-order valence-electron chi connectivity index (χ0n) is 9.78. The first-order chi connectivity index (χ1) is 8.29. The van der Waals surface area contributed by atoms with Crippen molar-refractivity contribution in [3.05, 3.63) is 35.9 Å². The number of carbonyl (C=O) groups is 1. The molecule has 1 amide bonds. The summed E-state index contributed by atoms with van der Waals surface area (Å²) < 4.78 is 0. The molecular formula is C14H16N2O. The Hall–Kier alpha value is -1.82. The van der Waals surface area contributed by atoms with Gasteiger partial charge in [-0.2, -0.15) is 5.26 Å². The minimum Gasteiger partial charge on any atom is -0.355 e. The first-order valence-electron chi connectivity index (χ1n) is 6.00. The van der Waals surface area contributed by atoms with Gasteiger partial charge in [0.25, 0.3) is 0 Å². The van der Waals surface area contributed by atoms with Crippen LogP contribution in [0.3, 0.4) is 0 Å². The van der Waals surface area contributed by atoms with Crippen LogP contribution in [0.25, 0.3) is 0 Å². The molecule has 1 saturated carbocycles. The smallest absolute Gasteiger partial charge is 0.230 e. The summed E-state index contributed by atoms with van der Waals surface area (Å²) in [4.78, 5) is 12.1. The molecule has 1 N–H and O–H groups in total. The number of hydrogen-bond acceptors (Lipinski definition) is 2. The average Bonchev–Trinajstić information content (AvgIpc) is 3.17. The highest BCUT2D eigenvalue weighted by atomic mass is 16.2. The molecule has 3 heteroatoms. The van der Waals surface area contributed by atoms with Crippen LogP contribution in [-0.4, -0.2) is 12.5 Å². The Balaban J connectivity index is 1.93. The standard InChI is InChI=1S/C14H16N2O/c15-10-4-5-11-16-13(17)14(8-9-14)12-6-2-1-3-7-12/h1-3,6-7H,4-5,8-9,11H2,(H,16,17). The Bertz CT molecular complexity index is 429. The zero-order valence-corrected chi connectivity index (χ0v) is 9.78. The van der Waals surface area contributed by atoms with E-state index in [4.69, 9.17) is 5.26 Å². The van der Waals surface area contributed by atoms with Gasteiger partial charge in [0.05, 0.1) is 11.5 Å². The molecule has 1 aromatic rings. The number of nitrogens with zero attached hydrogens (tertiary/aromatic N) is 1. The maximum Gasteiger partial charge on any atom is 0.230 e. The molecule has 88 valence electrons. The number of unbranched alkanes of at least 4 members (excludes halogenated alkanes) is 1. The minimum absolute atomic E-state index is 0.113. The van der Waals surface area contributed by atoms with Gasteiger partial charge >= 0.3 is 0 Å². The summed E-state index contributed by atoms with van der Waals surface area (Å²) in [5.74, 6) is 0.113. The molecule has 2 rings (SSSR count). The monoisotopic (exact) mass is 228 g/mol. The number of nitrogens with one attached hydrogen (secondary N) is 1. The van der Waals surface area contributed by atoms with Crippen LogP contribution in [0, 0.1) is 11.3 Å². The predicted molar refractivity (Wildman–Crippen MR) is 65.2 cm³/mol. The lowest BCUT2D eigenvalue weighted by Gasteiger charge is -2.15. The molecule has 0 aromatic heterocycles. The van der Waals surface area contributed by atoms with E-state index in [0.717, 1.165) is 24.8 Å². The summed E-state index contributed by atoms with van der Waals surface area (Å²) >= 11 is 0. The van der Waals surface area contributed by atoms with Gasteiger partial charge in [0.15, 0.2) is 0 Å². The molecule has 1 aliphatic carbocycles. The van der Waals surface area contributed by atoms with Gasteiger partial charge in [-0.1, -0.05) is 30.3 Å². The average molecular weight is 228 g/mol. The third-order valence-corrected chi connectivity index (χ3v) is 3.26. The first-order valence-corrected chi connectivity index (χ1v) is 6.00. The van der Waals surface area contributed by atoms with Crippen LogP contribution in [0.5, 0.6) is 0 Å². The highest BCUT2D eigenvalue weighted by molar-refractivity contribution is 5.91. The Morgan fingerprint density at radius 3 is 2.65 bits per heavy atom. The maximum atomic E-state index is 12.1. The number of rotatable bonds is 5. The Labute approximate surface area is 101 Å². The van der Waals surface area contributed by atoms with Crippen molar-refractivity contribution >= 4 is 5.91 Å². The molecule has 0 unspecified atom stereocenters. The fourth-order valence-corrected chi connectivity index (χ4v) is 2.07. The second kappa shape index (κ2) is 5.01. The number of benzene rings is 1. The van der Waals surface area contributed by atoms with Crippen molar-refractivity contribution in [1.29, 1.82) is 5.26 Å². The summed E-state index contributed by atoms with van der Waals surface area (Å²) in [6, 6.07) is 12.0. The van der Waals surface area contributed by atoms with Crippen LogP contribution >= 0.6 is 0 Å². The lowest BCUT2D eigenvalue weighted by molar-refractivity contribution is -0.123. The molecule has 1 aromatic carbocycles. The third kappa shape index (κ3) is 2.47. The van der Waals surface area contributed by atoms with Crippen LogP contribution in [0.4, 0.5) is 0 Å². The fourth-order valence-electron chi connectivity index (χ4n) is 2.07. The molecule has 0 aliphatic heterocycles. The molecule has 0 spiro atoms. The highest BCUT2D eigenvalue weighted by Crippen LogP contribution is 2.48. The lowest BCUT2D eigenvalue weighted by atomic mass is 9.95. The summed E-state index contributed by atoms with van der Waals surface area (Å²) in [5.41, 5.74) is 0.825. The van der Waals surface area contributed by atoms with Crippen LogP contribution in [-0.2, 0) is 10.2 Å². The molecule has 1 aliphatic rings. The Morgan fingerprint density at radius 2 is 2.06 bits per heavy atom. The molecule has 0 saturated heterocycles. The third-order valence-electron chi connectivity index (χ3n) is 3.26. The SMILES string of the molecule is N#CCCCNC(=O)C1(c2ccccc2)CC1. The van der Waals surface area contributed by atoms with Gasteiger partial charge in [-0.05, 0) is 24.8 Å². The normalized spacial score (nSPS) is 15.9. The summed E-state index contributed by atoms with van der Waals surface area (Å²) in [7, 11) is 0. The van der Waals surface area contributed by atoms with E-state index in [2.05, 4.69) is 11.4 Å². The molecule has 0 radical (unpaired) electrons. The highest BCUT2D eigenvalue weighted by Gasteiger charge is 2.50.